The van der Waals surface area contributed by atoms with E-state index in [1.165, 1.54) is 0 Å². The Kier molecular flexibility index (Phi) is 4.56. The molecule has 4 heteroatoms. The lowest BCUT2D eigenvalue weighted by Crippen LogP contribution is -2.06. The molecule has 1 nitrogen and oxygen atoms in total. The van der Waals surface area contributed by atoms with Crippen molar-refractivity contribution in [2.45, 2.75) is 25.4 Å². The first-order chi connectivity index (χ1) is 9.95. The number of rotatable bonds is 4. The molecule has 0 amide bonds. The highest BCUT2D eigenvalue weighted by molar-refractivity contribution is 5.37. The van der Waals surface area contributed by atoms with Crippen LogP contribution in [0.3, 0.4) is 0 Å². The van der Waals surface area contributed by atoms with Gasteiger partial charge in [-0.2, -0.15) is 13.2 Å². The normalized spacial score (nSPS) is 13.0. The maximum Gasteiger partial charge on any atom is 0.416 e. The predicted molar refractivity (Wildman–Crippen MR) is 76.6 cm³/mol. The number of alkyl halides is 3. The molecule has 0 fully saturated rings. The zero-order valence-electron chi connectivity index (χ0n) is 11.9. The summed E-state index contributed by atoms with van der Waals surface area (Å²) in [6.45, 7) is 2.02. The topological polar surface area (TPSA) is 9.23 Å². The minimum Gasteiger partial charge on any atom is -0.497 e. The molecule has 0 radical (unpaired) electrons. The molecule has 0 aromatic heterocycles. The lowest BCUT2D eigenvalue weighted by molar-refractivity contribution is -0.137. The van der Waals surface area contributed by atoms with Crippen LogP contribution in [0.2, 0.25) is 0 Å². The van der Waals surface area contributed by atoms with E-state index in [2.05, 4.69) is 0 Å². The first-order valence-electron chi connectivity index (χ1n) is 6.76. The van der Waals surface area contributed by atoms with Gasteiger partial charge >= 0.3 is 6.18 Å². The van der Waals surface area contributed by atoms with Gasteiger partial charge in [0.1, 0.15) is 5.75 Å². The number of halogens is 3. The standard InChI is InChI=1S/C17H17F3O/c1-3-16(13-6-10-15(21-2)11-7-13)12-4-8-14(9-5-12)17(18,19)20/h4-11,16H,3H2,1-2H3/t16-/m1/s1. The zero-order chi connectivity index (χ0) is 15.5. The Labute approximate surface area is 122 Å². The average Bonchev–Trinajstić information content (AvgIpc) is 2.48. The second-order valence-electron chi connectivity index (χ2n) is 4.85. The van der Waals surface area contributed by atoms with Crippen molar-refractivity contribution in [3.8, 4) is 5.75 Å². The van der Waals surface area contributed by atoms with Gasteiger partial charge in [0.05, 0.1) is 12.7 Å². The summed E-state index contributed by atoms with van der Waals surface area (Å²) in [5, 5.41) is 0. The second-order valence-corrected chi connectivity index (χ2v) is 4.85. The number of hydrogen-bond donors (Lipinski definition) is 0. The van der Waals surface area contributed by atoms with Gasteiger partial charge in [-0.1, -0.05) is 31.2 Å². The fourth-order valence-corrected chi connectivity index (χ4v) is 2.40. The van der Waals surface area contributed by atoms with E-state index in [0.717, 1.165) is 35.4 Å². The molecule has 0 spiro atoms. The maximum atomic E-state index is 12.6. The smallest absolute Gasteiger partial charge is 0.416 e. The summed E-state index contributed by atoms with van der Waals surface area (Å²) >= 11 is 0. The summed E-state index contributed by atoms with van der Waals surface area (Å²) in [4.78, 5) is 0. The van der Waals surface area contributed by atoms with E-state index in [1.54, 1.807) is 19.2 Å². The molecule has 0 heterocycles. The summed E-state index contributed by atoms with van der Waals surface area (Å²) in [7, 11) is 1.60. The summed E-state index contributed by atoms with van der Waals surface area (Å²) in [5.74, 6) is 0.846. The molecule has 0 saturated heterocycles. The number of hydrogen-bond acceptors (Lipinski definition) is 1. The predicted octanol–water partition coefficient (Wildman–Crippen LogP) is 5.26. The van der Waals surface area contributed by atoms with Crippen LogP contribution < -0.4 is 4.74 Å². The van der Waals surface area contributed by atoms with Gasteiger partial charge < -0.3 is 4.74 Å². The van der Waals surface area contributed by atoms with Gasteiger partial charge in [0.25, 0.3) is 0 Å². The van der Waals surface area contributed by atoms with Crippen LogP contribution in [0.1, 0.15) is 36.0 Å². The molecule has 1 atom stereocenters. The molecule has 0 saturated carbocycles. The molecular weight excluding hydrogens is 277 g/mol. The summed E-state index contributed by atoms with van der Waals surface area (Å²) in [6, 6.07) is 13.0. The highest BCUT2D eigenvalue weighted by atomic mass is 19.4. The largest absolute Gasteiger partial charge is 0.497 e. The van der Waals surface area contributed by atoms with Gasteiger partial charge in [-0.25, -0.2) is 0 Å². The van der Waals surface area contributed by atoms with Crippen molar-refractivity contribution in [1.29, 1.82) is 0 Å². The number of methoxy groups -OCH3 is 1. The summed E-state index contributed by atoms with van der Waals surface area (Å²) in [5.41, 5.74) is 1.34. The van der Waals surface area contributed by atoms with Crippen molar-refractivity contribution in [3.63, 3.8) is 0 Å². The molecule has 2 rings (SSSR count). The van der Waals surface area contributed by atoms with Crippen LogP contribution >= 0.6 is 0 Å². The van der Waals surface area contributed by atoms with Crippen LogP contribution in [0, 0.1) is 0 Å². The van der Waals surface area contributed by atoms with E-state index in [9.17, 15) is 13.2 Å². The average molecular weight is 294 g/mol. The van der Waals surface area contributed by atoms with Crippen LogP contribution in [0.15, 0.2) is 48.5 Å². The van der Waals surface area contributed by atoms with Crippen LogP contribution in [0.5, 0.6) is 5.75 Å². The lowest BCUT2D eigenvalue weighted by Gasteiger charge is -2.17. The monoisotopic (exact) mass is 294 g/mol. The summed E-state index contributed by atoms with van der Waals surface area (Å²) in [6.07, 6.45) is -3.47. The van der Waals surface area contributed by atoms with Crippen molar-refractivity contribution in [2.24, 2.45) is 0 Å². The van der Waals surface area contributed by atoms with E-state index < -0.39 is 11.7 Å². The van der Waals surface area contributed by atoms with Crippen LogP contribution in [0.25, 0.3) is 0 Å². The Balaban J connectivity index is 2.28. The molecular formula is C17H17F3O. The van der Waals surface area contributed by atoms with E-state index in [0.29, 0.717) is 0 Å². The molecule has 112 valence electrons. The van der Waals surface area contributed by atoms with Gasteiger partial charge in [-0.3, -0.25) is 0 Å². The Morgan fingerprint density at radius 1 is 0.905 bits per heavy atom. The van der Waals surface area contributed by atoms with Crippen molar-refractivity contribution in [2.75, 3.05) is 7.11 Å². The van der Waals surface area contributed by atoms with Gasteiger partial charge in [0.15, 0.2) is 0 Å². The molecule has 2 aromatic carbocycles. The lowest BCUT2D eigenvalue weighted by atomic mass is 9.88. The third-order valence-electron chi connectivity index (χ3n) is 3.57. The van der Waals surface area contributed by atoms with Crippen molar-refractivity contribution in [1.82, 2.24) is 0 Å². The van der Waals surface area contributed by atoms with Crippen LogP contribution in [0.4, 0.5) is 13.2 Å². The van der Waals surface area contributed by atoms with E-state index in [1.807, 2.05) is 31.2 Å². The molecule has 0 bridgehead atoms. The summed E-state index contributed by atoms with van der Waals surface area (Å²) < 4.78 is 42.9. The van der Waals surface area contributed by atoms with Crippen molar-refractivity contribution in [3.05, 3.63) is 65.2 Å². The Bertz CT molecular complexity index is 570. The molecule has 0 aliphatic heterocycles. The minimum absolute atomic E-state index is 0.0817. The Hall–Kier alpha value is -1.97. The Morgan fingerprint density at radius 2 is 1.38 bits per heavy atom. The SMILES string of the molecule is CC[C@@H](c1ccc(OC)cc1)c1ccc(C(F)(F)F)cc1. The third-order valence-corrected chi connectivity index (χ3v) is 3.57. The Morgan fingerprint density at radius 3 is 1.76 bits per heavy atom. The van der Waals surface area contributed by atoms with E-state index in [4.69, 9.17) is 4.74 Å². The van der Waals surface area contributed by atoms with E-state index in [-0.39, 0.29) is 5.92 Å². The highest BCUT2D eigenvalue weighted by Crippen LogP contribution is 2.33. The molecule has 21 heavy (non-hydrogen) atoms. The third kappa shape index (κ3) is 3.57. The minimum atomic E-state index is -4.29. The number of ether oxygens (including phenoxy) is 1. The second kappa shape index (κ2) is 6.20. The fraction of sp³-hybridized carbons (Fsp3) is 0.294. The first kappa shape index (κ1) is 15.4. The zero-order valence-corrected chi connectivity index (χ0v) is 11.9. The molecule has 0 aliphatic rings. The van der Waals surface area contributed by atoms with Crippen molar-refractivity contribution < 1.29 is 17.9 Å². The van der Waals surface area contributed by atoms with Gasteiger partial charge in [-0.15, -0.1) is 0 Å². The van der Waals surface area contributed by atoms with Crippen molar-refractivity contribution >= 4 is 0 Å². The van der Waals surface area contributed by atoms with Gasteiger partial charge in [-0.05, 0) is 41.8 Å². The molecule has 0 unspecified atom stereocenters. The van der Waals surface area contributed by atoms with Crippen LogP contribution in [-0.4, -0.2) is 7.11 Å². The van der Waals surface area contributed by atoms with Gasteiger partial charge in [0, 0.05) is 5.92 Å². The quantitative estimate of drug-likeness (QED) is 0.747. The molecule has 2 aromatic rings. The highest BCUT2D eigenvalue weighted by Gasteiger charge is 2.30. The molecule has 0 aliphatic carbocycles. The maximum absolute atomic E-state index is 12.6. The fourth-order valence-electron chi connectivity index (χ4n) is 2.40. The van der Waals surface area contributed by atoms with E-state index >= 15 is 0 Å². The van der Waals surface area contributed by atoms with Gasteiger partial charge in [0.2, 0.25) is 0 Å². The van der Waals surface area contributed by atoms with Crippen LogP contribution in [-0.2, 0) is 6.18 Å². The number of benzene rings is 2. The molecule has 0 N–H and O–H groups in total. The first-order valence-corrected chi connectivity index (χ1v) is 6.76.